The number of methoxy groups -OCH3 is 1. The second-order valence-corrected chi connectivity index (χ2v) is 9.50. The summed E-state index contributed by atoms with van der Waals surface area (Å²) < 4.78 is 4.63. The van der Waals surface area contributed by atoms with Gasteiger partial charge >= 0.3 is 12.1 Å². The minimum atomic E-state index is -1.25. The normalized spacial score (nSPS) is 15.8. The molecule has 0 radical (unpaired) electrons. The molecule has 1 heterocycles. The van der Waals surface area contributed by atoms with Gasteiger partial charge in [-0.15, -0.1) is 0 Å². The number of piperazine rings is 1. The highest BCUT2D eigenvalue weighted by Gasteiger charge is 2.36. The molecule has 1 aliphatic rings. The number of carboxylic acids is 1. The van der Waals surface area contributed by atoms with Gasteiger partial charge in [0.2, 0.25) is 5.91 Å². The minimum absolute atomic E-state index is 0.0141. The van der Waals surface area contributed by atoms with Crippen LogP contribution in [0.4, 0.5) is 10.5 Å². The first-order valence-corrected chi connectivity index (χ1v) is 12.0. The molecule has 2 amide bonds. The van der Waals surface area contributed by atoms with E-state index in [0.29, 0.717) is 10.5 Å². The maximum absolute atomic E-state index is 12.8. The number of aliphatic carboxylic acids is 1. The van der Waals surface area contributed by atoms with Crippen LogP contribution in [0.15, 0.2) is 58.3 Å². The number of ether oxygens (including phenoxy) is 1. The molecular formula is C25H27N3O7S. The van der Waals surface area contributed by atoms with Crippen molar-refractivity contribution in [2.24, 2.45) is 0 Å². The van der Waals surface area contributed by atoms with Crippen LogP contribution in [0.2, 0.25) is 0 Å². The molecule has 1 fully saturated rings. The van der Waals surface area contributed by atoms with E-state index in [4.69, 9.17) is 0 Å². The zero-order valence-corrected chi connectivity index (χ0v) is 20.9. The topological polar surface area (TPSA) is 130 Å². The Balaban J connectivity index is 1.80. The maximum atomic E-state index is 12.8. The highest BCUT2D eigenvalue weighted by Crippen LogP contribution is 2.39. The molecule has 1 aliphatic heterocycles. The van der Waals surface area contributed by atoms with E-state index in [-0.39, 0.29) is 31.2 Å². The van der Waals surface area contributed by atoms with Crippen LogP contribution in [0.1, 0.15) is 30.9 Å². The third-order valence-corrected chi connectivity index (χ3v) is 6.90. The molecule has 190 valence electrons. The minimum Gasteiger partial charge on any atom is -0.480 e. The van der Waals surface area contributed by atoms with Crippen molar-refractivity contribution in [3.05, 3.63) is 69.8 Å². The van der Waals surface area contributed by atoms with Crippen molar-refractivity contribution in [2.75, 3.05) is 26.7 Å². The lowest BCUT2D eigenvalue weighted by Gasteiger charge is -2.38. The number of nitro benzene ring substituents is 1. The Morgan fingerprint density at radius 2 is 1.89 bits per heavy atom. The molecule has 1 unspecified atom stereocenters. The van der Waals surface area contributed by atoms with Gasteiger partial charge in [0.25, 0.3) is 5.69 Å². The lowest BCUT2D eigenvalue weighted by atomic mass is 10.0. The Kier molecular flexibility index (Phi) is 8.70. The summed E-state index contributed by atoms with van der Waals surface area (Å²) in [5.41, 5.74) is 1.42. The number of amides is 2. The third kappa shape index (κ3) is 6.22. The van der Waals surface area contributed by atoms with E-state index in [9.17, 15) is 29.6 Å². The van der Waals surface area contributed by atoms with Crippen LogP contribution in [0, 0.1) is 10.1 Å². The average molecular weight is 514 g/mol. The Morgan fingerprint density at radius 1 is 1.17 bits per heavy atom. The number of nitrogens with zero attached hydrogens (tertiary/aromatic N) is 3. The van der Waals surface area contributed by atoms with E-state index in [1.165, 1.54) is 42.0 Å². The van der Waals surface area contributed by atoms with Crippen molar-refractivity contribution in [3.8, 4) is 0 Å². The van der Waals surface area contributed by atoms with Crippen molar-refractivity contribution in [1.29, 1.82) is 0 Å². The smallest absolute Gasteiger partial charge is 0.409 e. The van der Waals surface area contributed by atoms with Crippen LogP contribution >= 0.6 is 11.8 Å². The predicted molar refractivity (Wildman–Crippen MR) is 134 cm³/mol. The molecular weight excluding hydrogens is 486 g/mol. The summed E-state index contributed by atoms with van der Waals surface area (Å²) in [4.78, 5) is 51.3. The van der Waals surface area contributed by atoms with Gasteiger partial charge in [0.05, 0.1) is 23.5 Å². The van der Waals surface area contributed by atoms with Crippen molar-refractivity contribution in [1.82, 2.24) is 9.80 Å². The molecule has 0 aromatic heterocycles. The van der Waals surface area contributed by atoms with E-state index >= 15 is 0 Å². The molecule has 0 aliphatic carbocycles. The fraction of sp³-hybridized carbons (Fsp3) is 0.320. The molecule has 36 heavy (non-hydrogen) atoms. The number of rotatable bonds is 7. The molecule has 0 bridgehead atoms. The largest absolute Gasteiger partial charge is 0.480 e. The highest BCUT2D eigenvalue weighted by molar-refractivity contribution is 7.99. The van der Waals surface area contributed by atoms with Crippen molar-refractivity contribution < 1.29 is 29.2 Å². The standard InChI is InChI=1S/C25H27N3O7S/c1-16(2)18-6-4-5-7-21(18)36-22-10-8-17(14-19(22)28(33)34)9-11-23(29)27-13-12-26(25(32)35-3)15-20(27)24(30)31/h4-11,14,16,20H,12-13,15H2,1-3H3,(H,30,31)/b11-9+. The Morgan fingerprint density at radius 3 is 2.53 bits per heavy atom. The fourth-order valence-electron chi connectivity index (χ4n) is 3.85. The van der Waals surface area contributed by atoms with Crippen LogP contribution in [-0.2, 0) is 14.3 Å². The molecule has 11 heteroatoms. The van der Waals surface area contributed by atoms with Crippen LogP contribution in [0.25, 0.3) is 6.08 Å². The van der Waals surface area contributed by atoms with Gasteiger partial charge in [-0.2, -0.15) is 0 Å². The first kappa shape index (κ1) is 26.7. The SMILES string of the molecule is COC(=O)N1CCN(C(=O)/C=C/c2ccc(Sc3ccccc3C(C)C)c([N+](=O)[O-])c2)C(C(=O)O)C1. The zero-order valence-electron chi connectivity index (χ0n) is 20.1. The molecule has 0 saturated carbocycles. The number of carboxylic acid groups (broad SMARTS) is 1. The molecule has 1 N–H and O–H groups in total. The number of benzene rings is 2. The number of hydrogen-bond acceptors (Lipinski definition) is 7. The first-order chi connectivity index (χ1) is 17.1. The maximum Gasteiger partial charge on any atom is 0.409 e. The van der Waals surface area contributed by atoms with E-state index < -0.39 is 28.9 Å². The Labute approximate surface area is 212 Å². The second kappa shape index (κ2) is 11.7. The Bertz CT molecular complexity index is 1200. The van der Waals surface area contributed by atoms with Gasteiger partial charge in [-0.05, 0) is 35.3 Å². The summed E-state index contributed by atoms with van der Waals surface area (Å²) >= 11 is 1.31. The molecule has 2 aromatic rings. The quantitative estimate of drug-likeness (QED) is 0.330. The molecule has 1 atom stereocenters. The van der Waals surface area contributed by atoms with Crippen LogP contribution in [-0.4, -0.2) is 70.6 Å². The summed E-state index contributed by atoms with van der Waals surface area (Å²) in [5, 5.41) is 21.3. The number of hydrogen-bond donors (Lipinski definition) is 1. The predicted octanol–water partition coefficient (Wildman–Crippen LogP) is 4.25. The van der Waals surface area contributed by atoms with Gasteiger partial charge in [-0.25, -0.2) is 9.59 Å². The average Bonchev–Trinajstić information content (AvgIpc) is 2.87. The van der Waals surface area contributed by atoms with Crippen molar-refractivity contribution in [2.45, 2.75) is 35.6 Å². The number of nitro groups is 1. The van der Waals surface area contributed by atoms with Gasteiger partial charge in [0, 0.05) is 30.1 Å². The molecule has 10 nitrogen and oxygen atoms in total. The number of carbonyl (C=O) groups excluding carboxylic acids is 2. The second-order valence-electron chi connectivity index (χ2n) is 8.41. The summed E-state index contributed by atoms with van der Waals surface area (Å²) in [7, 11) is 1.20. The van der Waals surface area contributed by atoms with Gasteiger partial charge in [0.15, 0.2) is 0 Å². The zero-order chi connectivity index (χ0) is 26.4. The lowest BCUT2D eigenvalue weighted by molar-refractivity contribution is -0.387. The summed E-state index contributed by atoms with van der Waals surface area (Å²) in [5.74, 6) is -1.56. The highest BCUT2D eigenvalue weighted by atomic mass is 32.2. The van der Waals surface area contributed by atoms with E-state index in [1.54, 1.807) is 12.1 Å². The van der Waals surface area contributed by atoms with E-state index in [2.05, 4.69) is 18.6 Å². The van der Waals surface area contributed by atoms with Crippen LogP contribution in [0.5, 0.6) is 0 Å². The van der Waals surface area contributed by atoms with Crippen molar-refractivity contribution >= 4 is 41.5 Å². The Hall–Kier alpha value is -3.86. The molecule has 1 saturated heterocycles. The fourth-order valence-corrected chi connectivity index (χ4v) is 5.03. The van der Waals surface area contributed by atoms with Gasteiger partial charge in [-0.1, -0.05) is 49.9 Å². The van der Waals surface area contributed by atoms with Crippen molar-refractivity contribution in [3.63, 3.8) is 0 Å². The summed E-state index contributed by atoms with van der Waals surface area (Å²) in [6, 6.07) is 11.2. The summed E-state index contributed by atoms with van der Waals surface area (Å²) in [6.07, 6.45) is 1.94. The monoisotopic (exact) mass is 513 g/mol. The molecule has 3 rings (SSSR count). The number of carbonyl (C=O) groups is 3. The summed E-state index contributed by atoms with van der Waals surface area (Å²) in [6.45, 7) is 4.06. The van der Waals surface area contributed by atoms with Gasteiger partial charge in [-0.3, -0.25) is 14.9 Å². The molecule has 0 spiro atoms. The van der Waals surface area contributed by atoms with E-state index in [0.717, 1.165) is 15.4 Å². The first-order valence-electron chi connectivity index (χ1n) is 11.2. The molecule has 2 aromatic carbocycles. The van der Waals surface area contributed by atoms with Crippen LogP contribution < -0.4 is 0 Å². The van der Waals surface area contributed by atoms with Gasteiger partial charge < -0.3 is 19.6 Å². The van der Waals surface area contributed by atoms with Gasteiger partial charge in [0.1, 0.15) is 6.04 Å². The third-order valence-electron chi connectivity index (χ3n) is 5.74. The lowest BCUT2D eigenvalue weighted by Crippen LogP contribution is -2.59. The van der Waals surface area contributed by atoms with Crippen LogP contribution in [0.3, 0.4) is 0 Å². The van der Waals surface area contributed by atoms with E-state index in [1.807, 2.05) is 24.3 Å².